The fraction of sp³-hybridized carbons (Fsp3) is 0.250. The smallest absolute Gasteiger partial charge is 0.222 e. The Hall–Kier alpha value is -1.84. The molecule has 1 aromatic heterocycles. The molecule has 0 bridgehead atoms. The summed E-state index contributed by atoms with van der Waals surface area (Å²) >= 11 is 0. The van der Waals surface area contributed by atoms with Crippen LogP contribution in [0, 0.1) is 0 Å². The van der Waals surface area contributed by atoms with Gasteiger partial charge in [0.1, 0.15) is 5.69 Å². The maximum atomic E-state index is 12.0. The second kappa shape index (κ2) is 4.79. The van der Waals surface area contributed by atoms with Gasteiger partial charge in [-0.3, -0.25) is 4.39 Å². The summed E-state index contributed by atoms with van der Waals surface area (Å²) in [6.45, 7) is -0.276. The Morgan fingerprint density at radius 1 is 1.25 bits per heavy atom. The summed E-state index contributed by atoms with van der Waals surface area (Å²) < 4.78 is 16.8. The number of aryl methyl sites for hydroxylation is 1. The van der Waals surface area contributed by atoms with Crippen LogP contribution in [-0.2, 0) is 6.42 Å². The van der Waals surface area contributed by atoms with Gasteiger partial charge in [-0.2, -0.15) is 0 Å². The third-order valence-corrected chi connectivity index (χ3v) is 2.38. The van der Waals surface area contributed by atoms with Crippen LogP contribution in [0.15, 0.2) is 34.9 Å². The zero-order chi connectivity index (χ0) is 11.4. The Morgan fingerprint density at radius 3 is 2.56 bits per heavy atom. The molecule has 0 amide bonds. The minimum Gasteiger partial charge on any atom is -0.368 e. The summed E-state index contributed by atoms with van der Waals surface area (Å²) in [4.78, 5) is 0. The molecule has 0 saturated heterocycles. The van der Waals surface area contributed by atoms with E-state index in [1.54, 1.807) is 6.07 Å². The normalized spacial score (nSPS) is 10.6. The lowest BCUT2D eigenvalue weighted by molar-refractivity contribution is 0.439. The molecule has 2 N–H and O–H groups in total. The molecule has 0 radical (unpaired) electrons. The first-order chi connectivity index (χ1) is 7.79. The molecule has 0 aliphatic heterocycles. The van der Waals surface area contributed by atoms with Gasteiger partial charge in [-0.1, -0.05) is 29.4 Å². The van der Waals surface area contributed by atoms with Gasteiger partial charge in [-0.25, -0.2) is 0 Å². The quantitative estimate of drug-likeness (QED) is 0.861. The lowest BCUT2D eigenvalue weighted by Gasteiger charge is -2.00. The van der Waals surface area contributed by atoms with Crippen LogP contribution in [0.5, 0.6) is 0 Å². The van der Waals surface area contributed by atoms with Crippen LogP contribution in [0.2, 0.25) is 0 Å². The van der Waals surface area contributed by atoms with Gasteiger partial charge >= 0.3 is 0 Å². The molecular weight excluding hydrogens is 207 g/mol. The van der Waals surface area contributed by atoms with Crippen molar-refractivity contribution in [3.05, 3.63) is 35.9 Å². The summed E-state index contributed by atoms with van der Waals surface area (Å²) in [6.07, 6.45) is 1.33. The molecule has 0 unspecified atom stereocenters. The molecule has 1 heterocycles. The largest absolute Gasteiger partial charge is 0.368 e. The van der Waals surface area contributed by atoms with Crippen molar-refractivity contribution in [2.75, 3.05) is 12.4 Å². The number of nitrogens with two attached hydrogens (primary N) is 1. The van der Waals surface area contributed by atoms with E-state index in [9.17, 15) is 4.39 Å². The van der Waals surface area contributed by atoms with E-state index in [1.165, 1.54) is 0 Å². The number of anilines is 1. The Balaban J connectivity index is 2.13. The molecule has 4 heteroatoms. The first-order valence-electron chi connectivity index (χ1n) is 5.17. The molecule has 2 rings (SSSR count). The van der Waals surface area contributed by atoms with Gasteiger partial charge in [0, 0.05) is 11.6 Å². The lowest BCUT2D eigenvalue weighted by Crippen LogP contribution is -1.86. The molecule has 3 nitrogen and oxygen atoms in total. The van der Waals surface area contributed by atoms with Crippen LogP contribution in [0.4, 0.5) is 10.3 Å². The second-order valence-electron chi connectivity index (χ2n) is 3.60. The van der Waals surface area contributed by atoms with E-state index < -0.39 is 0 Å². The minimum atomic E-state index is -0.276. The number of alkyl halides is 1. The third-order valence-electron chi connectivity index (χ3n) is 2.38. The predicted octanol–water partition coefficient (Wildman–Crippen LogP) is 2.83. The molecule has 2 aromatic rings. The predicted molar refractivity (Wildman–Crippen MR) is 60.6 cm³/mol. The Bertz CT molecular complexity index is 450. The zero-order valence-corrected chi connectivity index (χ0v) is 8.82. The highest BCUT2D eigenvalue weighted by Gasteiger charge is 2.03. The number of hydrogen-bond donors (Lipinski definition) is 1. The van der Waals surface area contributed by atoms with Gasteiger partial charge in [0.15, 0.2) is 0 Å². The van der Waals surface area contributed by atoms with Gasteiger partial charge in [0.05, 0.1) is 6.67 Å². The van der Waals surface area contributed by atoms with E-state index in [0.717, 1.165) is 23.2 Å². The SMILES string of the molecule is Nc1cc(-c2ccc(CCCF)cc2)no1. The maximum Gasteiger partial charge on any atom is 0.222 e. The minimum absolute atomic E-state index is 0.276. The Morgan fingerprint density at radius 2 is 2.00 bits per heavy atom. The highest BCUT2D eigenvalue weighted by molar-refractivity contribution is 5.61. The fourth-order valence-electron chi connectivity index (χ4n) is 1.54. The molecule has 1 aromatic carbocycles. The first-order valence-corrected chi connectivity index (χ1v) is 5.17. The van der Waals surface area contributed by atoms with Gasteiger partial charge < -0.3 is 10.3 Å². The summed E-state index contributed by atoms with van der Waals surface area (Å²) in [7, 11) is 0. The molecule has 0 fully saturated rings. The van der Waals surface area contributed by atoms with Crippen LogP contribution in [0.25, 0.3) is 11.3 Å². The van der Waals surface area contributed by atoms with Crippen molar-refractivity contribution in [3.63, 3.8) is 0 Å². The van der Waals surface area contributed by atoms with Gasteiger partial charge in [0.2, 0.25) is 5.88 Å². The van der Waals surface area contributed by atoms with Crippen molar-refractivity contribution in [2.45, 2.75) is 12.8 Å². The average molecular weight is 220 g/mol. The van der Waals surface area contributed by atoms with E-state index in [0.29, 0.717) is 12.3 Å². The van der Waals surface area contributed by atoms with E-state index >= 15 is 0 Å². The van der Waals surface area contributed by atoms with E-state index in [4.69, 9.17) is 10.3 Å². The Labute approximate surface area is 93.1 Å². The summed E-state index contributed by atoms with van der Waals surface area (Å²) in [5, 5.41) is 3.82. The highest BCUT2D eigenvalue weighted by Crippen LogP contribution is 2.20. The molecule has 0 aliphatic rings. The van der Waals surface area contributed by atoms with E-state index in [2.05, 4.69) is 5.16 Å². The molecule has 0 atom stereocenters. The van der Waals surface area contributed by atoms with Crippen molar-refractivity contribution >= 4 is 5.88 Å². The van der Waals surface area contributed by atoms with Crippen LogP contribution in [-0.4, -0.2) is 11.8 Å². The van der Waals surface area contributed by atoms with Gasteiger partial charge in [-0.05, 0) is 18.4 Å². The van der Waals surface area contributed by atoms with Crippen molar-refractivity contribution < 1.29 is 8.91 Å². The van der Waals surface area contributed by atoms with Crippen molar-refractivity contribution in [1.82, 2.24) is 5.16 Å². The number of halogens is 1. The van der Waals surface area contributed by atoms with Crippen LogP contribution in [0.1, 0.15) is 12.0 Å². The van der Waals surface area contributed by atoms with Crippen molar-refractivity contribution in [1.29, 1.82) is 0 Å². The topological polar surface area (TPSA) is 52.0 Å². The van der Waals surface area contributed by atoms with Crippen molar-refractivity contribution in [3.8, 4) is 11.3 Å². The lowest BCUT2D eigenvalue weighted by atomic mass is 10.1. The summed E-state index contributed by atoms with van der Waals surface area (Å²) in [5.74, 6) is 0.302. The van der Waals surface area contributed by atoms with Gasteiger partial charge in [0.25, 0.3) is 0 Å². The van der Waals surface area contributed by atoms with Gasteiger partial charge in [-0.15, -0.1) is 0 Å². The fourth-order valence-corrected chi connectivity index (χ4v) is 1.54. The molecule has 0 saturated carbocycles. The number of nitrogen functional groups attached to an aromatic ring is 1. The second-order valence-corrected chi connectivity index (χ2v) is 3.60. The Kier molecular flexibility index (Phi) is 3.19. The molecule has 84 valence electrons. The summed E-state index contributed by atoms with van der Waals surface area (Å²) in [6, 6.07) is 9.48. The maximum absolute atomic E-state index is 12.0. The van der Waals surface area contributed by atoms with E-state index in [-0.39, 0.29) is 6.67 Å². The number of nitrogens with zero attached hydrogens (tertiary/aromatic N) is 1. The van der Waals surface area contributed by atoms with Crippen LogP contribution in [0.3, 0.4) is 0 Å². The molecule has 16 heavy (non-hydrogen) atoms. The number of rotatable bonds is 4. The highest BCUT2D eigenvalue weighted by atomic mass is 19.1. The number of hydrogen-bond acceptors (Lipinski definition) is 3. The summed E-state index contributed by atoms with van der Waals surface area (Å²) in [5.41, 5.74) is 8.23. The zero-order valence-electron chi connectivity index (χ0n) is 8.82. The van der Waals surface area contributed by atoms with Crippen molar-refractivity contribution in [2.24, 2.45) is 0 Å². The monoisotopic (exact) mass is 220 g/mol. The first kappa shape index (κ1) is 10.7. The average Bonchev–Trinajstić information content (AvgIpc) is 2.74. The molecule has 0 aliphatic carbocycles. The molecule has 0 spiro atoms. The molecular formula is C12H13FN2O. The standard InChI is InChI=1S/C12H13FN2O/c13-7-1-2-9-3-5-10(6-4-9)11-8-12(14)16-15-11/h3-6,8H,1-2,7,14H2. The van der Waals surface area contributed by atoms with Crippen LogP contribution < -0.4 is 5.73 Å². The van der Waals surface area contributed by atoms with Crippen LogP contribution >= 0.6 is 0 Å². The van der Waals surface area contributed by atoms with E-state index in [1.807, 2.05) is 24.3 Å². The number of benzene rings is 1. The third kappa shape index (κ3) is 2.39. The number of aromatic nitrogens is 1.